The molecule has 0 atom stereocenters. The number of nitrogens with two attached hydrogens (primary N) is 1. The van der Waals surface area contributed by atoms with Gasteiger partial charge in [-0.1, -0.05) is 34.1 Å². The molecule has 3 nitrogen and oxygen atoms in total. The van der Waals surface area contributed by atoms with E-state index in [9.17, 15) is 4.79 Å². The van der Waals surface area contributed by atoms with Crippen molar-refractivity contribution in [1.82, 2.24) is 0 Å². The fourth-order valence-corrected chi connectivity index (χ4v) is 2.97. The SMILES string of the molecule is Cc1cc(Br)cc(C)c1NCc1ccccc1C(N)=O. The maximum absolute atomic E-state index is 11.4. The second kappa shape index (κ2) is 6.09. The first kappa shape index (κ1) is 14.6. The molecule has 104 valence electrons. The summed E-state index contributed by atoms with van der Waals surface area (Å²) in [5.74, 6) is -0.397. The van der Waals surface area contributed by atoms with E-state index in [0.29, 0.717) is 12.1 Å². The number of halogens is 1. The van der Waals surface area contributed by atoms with E-state index in [4.69, 9.17) is 5.73 Å². The minimum absolute atomic E-state index is 0.397. The Hall–Kier alpha value is -1.81. The third-order valence-electron chi connectivity index (χ3n) is 3.24. The van der Waals surface area contributed by atoms with Gasteiger partial charge in [-0.05, 0) is 48.7 Å². The number of anilines is 1. The summed E-state index contributed by atoms with van der Waals surface area (Å²) in [6.07, 6.45) is 0. The molecule has 0 spiro atoms. The van der Waals surface area contributed by atoms with Gasteiger partial charge in [0.05, 0.1) is 0 Å². The van der Waals surface area contributed by atoms with Crippen molar-refractivity contribution in [3.8, 4) is 0 Å². The molecule has 0 aromatic heterocycles. The predicted molar refractivity (Wildman–Crippen MR) is 85.9 cm³/mol. The molecule has 0 unspecified atom stereocenters. The Morgan fingerprint density at radius 2 is 1.80 bits per heavy atom. The summed E-state index contributed by atoms with van der Waals surface area (Å²) in [5, 5.41) is 3.39. The molecule has 1 amide bonds. The lowest BCUT2D eigenvalue weighted by molar-refractivity contribution is 0.0999. The molecule has 0 heterocycles. The monoisotopic (exact) mass is 332 g/mol. The van der Waals surface area contributed by atoms with E-state index in [0.717, 1.165) is 26.9 Å². The van der Waals surface area contributed by atoms with E-state index >= 15 is 0 Å². The molecular weight excluding hydrogens is 316 g/mol. The van der Waals surface area contributed by atoms with Crippen LogP contribution < -0.4 is 11.1 Å². The van der Waals surface area contributed by atoms with Crippen LogP contribution in [-0.4, -0.2) is 5.91 Å². The zero-order chi connectivity index (χ0) is 14.7. The van der Waals surface area contributed by atoms with Crippen molar-refractivity contribution in [2.75, 3.05) is 5.32 Å². The third kappa shape index (κ3) is 3.20. The molecule has 0 saturated heterocycles. The van der Waals surface area contributed by atoms with Gasteiger partial charge in [0.25, 0.3) is 0 Å². The number of hydrogen-bond acceptors (Lipinski definition) is 2. The maximum atomic E-state index is 11.4. The van der Waals surface area contributed by atoms with Gasteiger partial charge >= 0.3 is 0 Å². The summed E-state index contributed by atoms with van der Waals surface area (Å²) < 4.78 is 1.07. The number of amides is 1. The first-order valence-electron chi connectivity index (χ1n) is 6.37. The Labute approximate surface area is 127 Å². The van der Waals surface area contributed by atoms with Crippen LogP contribution in [0.4, 0.5) is 5.69 Å². The molecule has 2 aromatic rings. The van der Waals surface area contributed by atoms with Gasteiger partial charge in [0.15, 0.2) is 0 Å². The number of rotatable bonds is 4. The van der Waals surface area contributed by atoms with Crippen molar-refractivity contribution in [3.05, 3.63) is 63.1 Å². The third-order valence-corrected chi connectivity index (χ3v) is 3.69. The van der Waals surface area contributed by atoms with Crippen LogP contribution in [0, 0.1) is 13.8 Å². The van der Waals surface area contributed by atoms with E-state index in [2.05, 4.69) is 47.2 Å². The minimum Gasteiger partial charge on any atom is -0.381 e. The molecule has 2 aromatic carbocycles. The number of aryl methyl sites for hydroxylation is 2. The van der Waals surface area contributed by atoms with Gasteiger partial charge in [-0.2, -0.15) is 0 Å². The van der Waals surface area contributed by atoms with Crippen molar-refractivity contribution in [2.24, 2.45) is 5.73 Å². The zero-order valence-corrected chi connectivity index (χ0v) is 13.1. The molecule has 2 rings (SSSR count). The highest BCUT2D eigenvalue weighted by Crippen LogP contribution is 2.25. The lowest BCUT2D eigenvalue weighted by Crippen LogP contribution is -2.15. The quantitative estimate of drug-likeness (QED) is 0.895. The Morgan fingerprint density at radius 1 is 1.20 bits per heavy atom. The second-order valence-corrected chi connectivity index (χ2v) is 5.71. The molecule has 0 bridgehead atoms. The molecule has 0 radical (unpaired) electrons. The highest BCUT2D eigenvalue weighted by Gasteiger charge is 2.08. The number of carbonyl (C=O) groups excluding carboxylic acids is 1. The van der Waals surface area contributed by atoms with Gasteiger partial charge in [0.1, 0.15) is 0 Å². The fraction of sp³-hybridized carbons (Fsp3) is 0.188. The summed E-state index contributed by atoms with van der Waals surface area (Å²) in [4.78, 5) is 11.4. The van der Waals surface area contributed by atoms with Crippen LogP contribution in [0.15, 0.2) is 40.9 Å². The second-order valence-electron chi connectivity index (χ2n) is 4.79. The average molecular weight is 333 g/mol. The Morgan fingerprint density at radius 3 is 2.40 bits per heavy atom. The first-order valence-corrected chi connectivity index (χ1v) is 7.16. The van der Waals surface area contributed by atoms with E-state index in [-0.39, 0.29) is 0 Å². The number of benzene rings is 2. The van der Waals surface area contributed by atoms with Crippen LogP contribution in [0.2, 0.25) is 0 Å². The largest absolute Gasteiger partial charge is 0.381 e. The summed E-state index contributed by atoms with van der Waals surface area (Å²) in [6, 6.07) is 11.5. The normalized spacial score (nSPS) is 10.3. The first-order chi connectivity index (χ1) is 9.49. The van der Waals surface area contributed by atoms with Gasteiger partial charge in [-0.15, -0.1) is 0 Å². The van der Waals surface area contributed by atoms with Crippen molar-refractivity contribution < 1.29 is 4.79 Å². The summed E-state index contributed by atoms with van der Waals surface area (Å²) >= 11 is 3.48. The standard InChI is InChI=1S/C16H17BrN2O/c1-10-7-13(17)8-11(2)15(10)19-9-12-5-3-4-6-14(12)16(18)20/h3-8,19H,9H2,1-2H3,(H2,18,20). The molecule has 0 fully saturated rings. The Bertz CT molecular complexity index is 630. The van der Waals surface area contributed by atoms with Crippen LogP contribution in [-0.2, 0) is 6.54 Å². The van der Waals surface area contributed by atoms with Crippen LogP contribution >= 0.6 is 15.9 Å². The maximum Gasteiger partial charge on any atom is 0.249 e. The van der Waals surface area contributed by atoms with Crippen molar-refractivity contribution >= 4 is 27.5 Å². The molecule has 20 heavy (non-hydrogen) atoms. The fourth-order valence-electron chi connectivity index (χ4n) is 2.29. The summed E-state index contributed by atoms with van der Waals surface area (Å²) in [6.45, 7) is 4.68. The van der Waals surface area contributed by atoms with E-state index in [1.807, 2.05) is 18.2 Å². The highest BCUT2D eigenvalue weighted by atomic mass is 79.9. The zero-order valence-electron chi connectivity index (χ0n) is 11.5. The van der Waals surface area contributed by atoms with Gasteiger partial charge in [0, 0.05) is 22.3 Å². The number of nitrogens with one attached hydrogen (secondary N) is 1. The van der Waals surface area contributed by atoms with Gasteiger partial charge in [-0.25, -0.2) is 0 Å². The average Bonchev–Trinajstić information content (AvgIpc) is 2.37. The number of primary amides is 1. The Kier molecular flexibility index (Phi) is 4.45. The molecular formula is C16H17BrN2O. The topological polar surface area (TPSA) is 55.1 Å². The lowest BCUT2D eigenvalue weighted by atomic mass is 10.1. The summed E-state index contributed by atoms with van der Waals surface area (Å²) in [7, 11) is 0. The van der Waals surface area contributed by atoms with E-state index in [1.54, 1.807) is 6.07 Å². The molecule has 0 aliphatic heterocycles. The molecule has 4 heteroatoms. The smallest absolute Gasteiger partial charge is 0.249 e. The minimum atomic E-state index is -0.397. The van der Waals surface area contributed by atoms with Crippen LogP contribution in [0.25, 0.3) is 0 Å². The number of carbonyl (C=O) groups is 1. The molecule has 0 aliphatic carbocycles. The number of hydrogen-bond donors (Lipinski definition) is 2. The molecule has 0 aliphatic rings. The van der Waals surface area contributed by atoms with Crippen molar-refractivity contribution in [2.45, 2.75) is 20.4 Å². The van der Waals surface area contributed by atoms with E-state index < -0.39 is 5.91 Å². The van der Waals surface area contributed by atoms with Gasteiger partial charge in [0.2, 0.25) is 5.91 Å². The van der Waals surface area contributed by atoms with Crippen LogP contribution in [0.3, 0.4) is 0 Å². The van der Waals surface area contributed by atoms with Gasteiger partial charge in [-0.3, -0.25) is 4.79 Å². The lowest BCUT2D eigenvalue weighted by Gasteiger charge is -2.14. The van der Waals surface area contributed by atoms with Gasteiger partial charge < -0.3 is 11.1 Å². The van der Waals surface area contributed by atoms with E-state index in [1.165, 1.54) is 0 Å². The van der Waals surface area contributed by atoms with Crippen LogP contribution in [0.1, 0.15) is 27.0 Å². The predicted octanol–water partition coefficient (Wildman–Crippen LogP) is 3.78. The van der Waals surface area contributed by atoms with Crippen LogP contribution in [0.5, 0.6) is 0 Å². The molecule has 3 N–H and O–H groups in total. The highest BCUT2D eigenvalue weighted by molar-refractivity contribution is 9.10. The van der Waals surface area contributed by atoms with Crippen molar-refractivity contribution in [1.29, 1.82) is 0 Å². The Balaban J connectivity index is 2.24. The van der Waals surface area contributed by atoms with Crippen molar-refractivity contribution in [3.63, 3.8) is 0 Å². The summed E-state index contributed by atoms with van der Waals surface area (Å²) in [5.41, 5.74) is 10.3. The molecule has 0 saturated carbocycles.